The van der Waals surface area contributed by atoms with Gasteiger partial charge in [-0.15, -0.1) is 6.58 Å². The van der Waals surface area contributed by atoms with Crippen molar-refractivity contribution < 1.29 is 23.4 Å². The van der Waals surface area contributed by atoms with Crippen molar-refractivity contribution in [1.29, 1.82) is 0 Å². The molecule has 0 aliphatic heterocycles. The van der Waals surface area contributed by atoms with Gasteiger partial charge in [-0.1, -0.05) is 84.9 Å². The first-order valence-corrected chi connectivity index (χ1v) is 20.4. The van der Waals surface area contributed by atoms with E-state index in [1.54, 1.807) is 7.11 Å². The van der Waals surface area contributed by atoms with Gasteiger partial charge in [0.05, 0.1) is 18.8 Å². The Morgan fingerprint density at radius 2 is 1.51 bits per heavy atom. The minimum Gasteiger partial charge on any atom is -0.417 e. The Hall–Kier alpha value is -0.806. The summed E-state index contributed by atoms with van der Waals surface area (Å²) in [6.07, 6.45) is 1.79. The minimum atomic E-state index is -2.13. The zero-order chi connectivity index (χ0) is 30.1. The van der Waals surface area contributed by atoms with Crippen molar-refractivity contribution in [2.45, 2.75) is 122 Å². The lowest BCUT2D eigenvalue weighted by molar-refractivity contribution is -0.0969. The molecule has 5 atom stereocenters. The molecule has 0 saturated carbocycles. The number of methoxy groups -OCH3 is 1. The number of hydrogen-bond donors (Lipinski definition) is 1. The molecule has 0 saturated heterocycles. The van der Waals surface area contributed by atoms with Gasteiger partial charge >= 0.3 is 0 Å². The quantitative estimate of drug-likeness (QED) is 0.149. The van der Waals surface area contributed by atoms with E-state index in [0.717, 1.165) is 12.0 Å². The van der Waals surface area contributed by atoms with Crippen molar-refractivity contribution in [2.24, 2.45) is 11.8 Å². The third-order valence-corrected chi connectivity index (χ3v) is 17.9. The Labute approximate surface area is 242 Å². The van der Waals surface area contributed by atoms with Crippen LogP contribution in [0, 0.1) is 11.8 Å². The van der Waals surface area contributed by atoms with E-state index in [-0.39, 0.29) is 28.0 Å². The molecule has 1 N–H and O–H groups in total. The molecule has 0 aromatic heterocycles. The van der Waals surface area contributed by atoms with Crippen LogP contribution in [0.3, 0.4) is 0 Å². The number of benzene rings is 1. The van der Waals surface area contributed by atoms with Crippen LogP contribution in [0.2, 0.25) is 36.3 Å². The predicted molar refractivity (Wildman–Crippen MR) is 170 cm³/mol. The van der Waals surface area contributed by atoms with Crippen LogP contribution >= 0.6 is 0 Å². The maximum atomic E-state index is 11.6. The first-order valence-electron chi connectivity index (χ1n) is 14.6. The Kier molecular flexibility index (Phi) is 14.3. The van der Waals surface area contributed by atoms with E-state index in [1.807, 2.05) is 24.3 Å². The second-order valence-corrected chi connectivity index (χ2v) is 23.8. The molecule has 0 aliphatic rings. The van der Waals surface area contributed by atoms with Crippen molar-refractivity contribution in [3.8, 4) is 0 Å². The van der Waals surface area contributed by atoms with Crippen LogP contribution in [0.15, 0.2) is 43.0 Å². The topological polar surface area (TPSA) is 57.2 Å². The van der Waals surface area contributed by atoms with Crippen molar-refractivity contribution in [3.63, 3.8) is 0 Å². The summed E-state index contributed by atoms with van der Waals surface area (Å²) in [4.78, 5) is 0. The van der Waals surface area contributed by atoms with Crippen LogP contribution in [-0.2, 0) is 24.9 Å². The molecule has 0 amide bonds. The highest BCUT2D eigenvalue weighted by Gasteiger charge is 2.44. The first-order chi connectivity index (χ1) is 17.9. The van der Waals surface area contributed by atoms with E-state index < -0.39 is 28.8 Å². The molecule has 1 aromatic rings. The van der Waals surface area contributed by atoms with E-state index >= 15 is 0 Å². The van der Waals surface area contributed by atoms with Crippen LogP contribution in [0.1, 0.15) is 66.9 Å². The van der Waals surface area contributed by atoms with Gasteiger partial charge in [0.2, 0.25) is 0 Å². The molecule has 0 radical (unpaired) electrons. The Morgan fingerprint density at radius 3 is 2.00 bits per heavy atom. The van der Waals surface area contributed by atoms with Crippen LogP contribution in [0.5, 0.6) is 0 Å². The number of hydrogen-bond acceptors (Lipinski definition) is 5. The van der Waals surface area contributed by atoms with Gasteiger partial charge in [-0.25, -0.2) is 0 Å². The van der Waals surface area contributed by atoms with Crippen LogP contribution in [0.25, 0.3) is 0 Å². The summed E-state index contributed by atoms with van der Waals surface area (Å²) < 4.78 is 25.4. The van der Waals surface area contributed by atoms with Crippen molar-refractivity contribution >= 4 is 16.6 Å². The highest BCUT2D eigenvalue weighted by atomic mass is 28.4. The van der Waals surface area contributed by atoms with E-state index in [2.05, 4.69) is 93.4 Å². The van der Waals surface area contributed by atoms with Gasteiger partial charge in [-0.2, -0.15) is 0 Å². The van der Waals surface area contributed by atoms with Gasteiger partial charge in [-0.3, -0.25) is 0 Å². The third kappa shape index (κ3) is 11.5. The summed E-state index contributed by atoms with van der Waals surface area (Å²) in [5.41, 5.74) is 1.16. The van der Waals surface area contributed by atoms with Crippen LogP contribution in [-0.4, -0.2) is 60.4 Å². The molecule has 5 nitrogen and oxygen atoms in total. The molecule has 1 rings (SSSR count). The predicted octanol–water partition coefficient (Wildman–Crippen LogP) is 8.21. The minimum absolute atomic E-state index is 0.0389. The summed E-state index contributed by atoms with van der Waals surface area (Å²) in [6.45, 7) is 30.6. The first kappa shape index (κ1) is 36.2. The number of aliphatic hydroxyl groups is 1. The molecule has 0 heterocycles. The number of aliphatic hydroxyl groups excluding tert-OH is 1. The van der Waals surface area contributed by atoms with Gasteiger partial charge < -0.3 is 23.4 Å². The number of rotatable bonds is 17. The highest BCUT2D eigenvalue weighted by molar-refractivity contribution is 6.74. The largest absolute Gasteiger partial charge is 0.417 e. The highest BCUT2D eigenvalue weighted by Crippen LogP contribution is 2.40. The Bertz CT molecular complexity index is 829. The maximum absolute atomic E-state index is 11.6. The normalized spacial score (nSPS) is 17.4. The van der Waals surface area contributed by atoms with Gasteiger partial charge in [0, 0.05) is 26.2 Å². The number of ether oxygens (including phenoxy) is 2. The van der Waals surface area contributed by atoms with E-state index in [4.69, 9.17) is 18.3 Å². The molecule has 226 valence electrons. The van der Waals surface area contributed by atoms with Gasteiger partial charge in [0.1, 0.15) is 6.10 Å². The van der Waals surface area contributed by atoms with E-state index in [1.165, 1.54) is 0 Å². The molecule has 0 bridgehead atoms. The maximum Gasteiger partial charge on any atom is 0.192 e. The average Bonchev–Trinajstić information content (AvgIpc) is 2.81. The van der Waals surface area contributed by atoms with E-state index in [0.29, 0.717) is 26.2 Å². The van der Waals surface area contributed by atoms with Crippen molar-refractivity contribution in [3.05, 3.63) is 48.6 Å². The van der Waals surface area contributed by atoms with Crippen molar-refractivity contribution in [2.75, 3.05) is 20.3 Å². The molecule has 0 unspecified atom stereocenters. The van der Waals surface area contributed by atoms with E-state index in [9.17, 15) is 5.11 Å². The second-order valence-electron chi connectivity index (χ2n) is 14.2. The van der Waals surface area contributed by atoms with Crippen LogP contribution in [0.4, 0.5) is 0 Å². The lowest BCUT2D eigenvalue weighted by atomic mass is 9.87. The second kappa shape index (κ2) is 15.4. The zero-order valence-corrected chi connectivity index (χ0v) is 29.2. The molecule has 1 aromatic carbocycles. The fourth-order valence-electron chi connectivity index (χ4n) is 4.11. The Morgan fingerprint density at radius 1 is 0.949 bits per heavy atom. The van der Waals surface area contributed by atoms with Crippen LogP contribution < -0.4 is 0 Å². The lowest BCUT2D eigenvalue weighted by Gasteiger charge is -2.43. The fourth-order valence-corrected chi connectivity index (χ4v) is 6.53. The Balaban J connectivity index is 2.99. The molecule has 0 aliphatic carbocycles. The van der Waals surface area contributed by atoms with Crippen molar-refractivity contribution in [1.82, 2.24) is 0 Å². The zero-order valence-electron chi connectivity index (χ0n) is 27.2. The fraction of sp³-hybridized carbons (Fsp3) is 0.750. The smallest absolute Gasteiger partial charge is 0.192 e. The van der Waals surface area contributed by atoms with Gasteiger partial charge in [-0.05, 0) is 60.6 Å². The summed E-state index contributed by atoms with van der Waals surface area (Å²) in [5.74, 6) is 0.114. The molecular weight excluding hydrogens is 521 g/mol. The molecule has 39 heavy (non-hydrogen) atoms. The summed E-state index contributed by atoms with van der Waals surface area (Å²) >= 11 is 0. The monoisotopic (exact) mass is 580 g/mol. The molecule has 7 heteroatoms. The SMILES string of the molecule is C=C[C@@H](C[C@@H](C)COCc1ccccc1)[C@H](O)[C@@H](OC)[C@@H](CCO[Si](C)(C)C(C)(C)C)O[Si](C)(C)C(C)(C)C. The lowest BCUT2D eigenvalue weighted by Crippen LogP contribution is -2.52. The molecule has 0 fully saturated rings. The standard InChI is InChI=1S/C32H60O5Si2/c1-14-27(22-25(2)23-35-24-26-18-16-15-17-19-26)29(33)30(34-9)28(37-39(12,13)32(6,7)8)20-21-36-38(10,11)31(3,4)5/h14-19,25,27-30,33H,1,20-24H2,2-13H3/t25-,27+,28-,29+,30+/m1/s1. The molecular formula is C32H60O5Si2. The third-order valence-electron chi connectivity index (χ3n) is 8.83. The summed E-state index contributed by atoms with van der Waals surface area (Å²) in [5, 5.41) is 11.8. The summed E-state index contributed by atoms with van der Waals surface area (Å²) in [7, 11) is -2.36. The van der Waals surface area contributed by atoms with Gasteiger partial charge in [0.15, 0.2) is 16.6 Å². The average molecular weight is 581 g/mol. The summed E-state index contributed by atoms with van der Waals surface area (Å²) in [6, 6.07) is 10.2. The molecule has 0 spiro atoms. The van der Waals surface area contributed by atoms with Gasteiger partial charge in [0.25, 0.3) is 0 Å².